The number of rotatable bonds is 5. The van der Waals surface area contributed by atoms with E-state index in [0.29, 0.717) is 5.56 Å². The molecule has 0 saturated heterocycles. The lowest BCUT2D eigenvalue weighted by atomic mass is 10.0. The highest BCUT2D eigenvalue weighted by molar-refractivity contribution is 5.77. The molecule has 0 aliphatic heterocycles. The molecule has 0 unspecified atom stereocenters. The second kappa shape index (κ2) is 5.82. The van der Waals surface area contributed by atoms with E-state index in [4.69, 9.17) is 10.5 Å². The van der Waals surface area contributed by atoms with Crippen LogP contribution in [0, 0.1) is 5.82 Å². The highest BCUT2D eigenvalue weighted by Crippen LogP contribution is 2.17. The Hall–Kier alpha value is -1.62. The average molecular weight is 254 g/mol. The molecular formula is C13H19FN2O2. The maximum Gasteiger partial charge on any atom is 0.222 e. The first-order valence-corrected chi connectivity index (χ1v) is 5.70. The number of hydrogen-bond donors (Lipinski definition) is 2. The van der Waals surface area contributed by atoms with Crippen molar-refractivity contribution in [2.75, 3.05) is 7.11 Å². The summed E-state index contributed by atoms with van der Waals surface area (Å²) in [6.45, 7) is 3.83. The average Bonchev–Trinajstić information content (AvgIpc) is 2.24. The minimum atomic E-state index is -0.546. The fourth-order valence-electron chi connectivity index (χ4n) is 1.50. The van der Waals surface area contributed by atoms with E-state index in [9.17, 15) is 9.18 Å². The van der Waals surface area contributed by atoms with Gasteiger partial charge in [-0.1, -0.05) is 6.07 Å². The molecule has 0 aliphatic carbocycles. The van der Waals surface area contributed by atoms with Gasteiger partial charge in [0.2, 0.25) is 5.91 Å². The van der Waals surface area contributed by atoms with Crippen molar-refractivity contribution < 1.29 is 13.9 Å². The molecule has 0 atom stereocenters. The largest absolute Gasteiger partial charge is 0.494 e. The van der Waals surface area contributed by atoms with Gasteiger partial charge in [-0.15, -0.1) is 0 Å². The van der Waals surface area contributed by atoms with E-state index in [1.165, 1.54) is 19.2 Å². The van der Waals surface area contributed by atoms with Gasteiger partial charge < -0.3 is 15.8 Å². The van der Waals surface area contributed by atoms with Crippen LogP contribution in [0.4, 0.5) is 4.39 Å². The topological polar surface area (TPSA) is 64.3 Å². The molecule has 0 radical (unpaired) electrons. The van der Waals surface area contributed by atoms with Gasteiger partial charge in [0.05, 0.1) is 7.11 Å². The molecule has 0 aromatic heterocycles. The van der Waals surface area contributed by atoms with E-state index in [1.807, 2.05) is 0 Å². The van der Waals surface area contributed by atoms with Crippen molar-refractivity contribution in [3.05, 3.63) is 29.6 Å². The lowest BCUT2D eigenvalue weighted by Gasteiger charge is -2.17. The van der Waals surface area contributed by atoms with Crippen LogP contribution in [0.2, 0.25) is 0 Å². The van der Waals surface area contributed by atoms with Gasteiger partial charge in [0.1, 0.15) is 0 Å². The predicted molar refractivity (Wildman–Crippen MR) is 67.7 cm³/mol. The van der Waals surface area contributed by atoms with Crippen molar-refractivity contribution in [3.63, 3.8) is 0 Å². The van der Waals surface area contributed by atoms with E-state index >= 15 is 0 Å². The molecule has 0 spiro atoms. The van der Waals surface area contributed by atoms with Crippen LogP contribution < -0.4 is 15.8 Å². The van der Waals surface area contributed by atoms with Crippen molar-refractivity contribution in [3.8, 4) is 5.75 Å². The molecule has 0 saturated carbocycles. The Morgan fingerprint density at radius 1 is 1.50 bits per heavy atom. The SMILES string of the molecule is COc1ccc(CNC(=O)CC(C)(C)N)cc1F. The fraction of sp³-hybridized carbons (Fsp3) is 0.462. The lowest BCUT2D eigenvalue weighted by molar-refractivity contribution is -0.122. The Labute approximate surface area is 106 Å². The number of ether oxygens (including phenoxy) is 1. The quantitative estimate of drug-likeness (QED) is 0.838. The molecular weight excluding hydrogens is 235 g/mol. The summed E-state index contributed by atoms with van der Waals surface area (Å²) in [5, 5.41) is 2.69. The lowest BCUT2D eigenvalue weighted by Crippen LogP contribution is -2.38. The van der Waals surface area contributed by atoms with E-state index in [1.54, 1.807) is 19.9 Å². The summed E-state index contributed by atoms with van der Waals surface area (Å²) in [4.78, 5) is 11.5. The number of nitrogens with two attached hydrogens (primary N) is 1. The van der Waals surface area contributed by atoms with E-state index in [-0.39, 0.29) is 24.6 Å². The monoisotopic (exact) mass is 254 g/mol. The third-order valence-corrected chi connectivity index (χ3v) is 2.32. The van der Waals surface area contributed by atoms with Crippen LogP contribution in [0.25, 0.3) is 0 Å². The van der Waals surface area contributed by atoms with E-state index < -0.39 is 11.4 Å². The van der Waals surface area contributed by atoms with Gasteiger partial charge in [0.25, 0.3) is 0 Å². The van der Waals surface area contributed by atoms with Crippen LogP contribution >= 0.6 is 0 Å². The highest BCUT2D eigenvalue weighted by atomic mass is 19.1. The molecule has 0 bridgehead atoms. The molecule has 3 N–H and O–H groups in total. The highest BCUT2D eigenvalue weighted by Gasteiger charge is 2.16. The van der Waals surface area contributed by atoms with Crippen molar-refractivity contribution in [1.29, 1.82) is 0 Å². The molecule has 0 fully saturated rings. The second-order valence-electron chi connectivity index (χ2n) is 4.91. The summed E-state index contributed by atoms with van der Waals surface area (Å²) in [6.07, 6.45) is 0.228. The number of halogens is 1. The first-order chi connectivity index (χ1) is 8.31. The van der Waals surface area contributed by atoms with Gasteiger partial charge in [-0.3, -0.25) is 4.79 Å². The van der Waals surface area contributed by atoms with Gasteiger partial charge in [0.15, 0.2) is 11.6 Å². The molecule has 5 heteroatoms. The zero-order chi connectivity index (χ0) is 13.8. The molecule has 0 heterocycles. The van der Waals surface area contributed by atoms with Crippen molar-refractivity contribution in [2.45, 2.75) is 32.4 Å². The van der Waals surface area contributed by atoms with Gasteiger partial charge >= 0.3 is 0 Å². The summed E-state index contributed by atoms with van der Waals surface area (Å²) < 4.78 is 18.2. The van der Waals surface area contributed by atoms with Crippen LogP contribution in [-0.4, -0.2) is 18.6 Å². The Balaban J connectivity index is 2.54. The maximum absolute atomic E-state index is 13.4. The van der Waals surface area contributed by atoms with Gasteiger partial charge in [0, 0.05) is 18.5 Å². The van der Waals surface area contributed by atoms with Crippen LogP contribution in [0.15, 0.2) is 18.2 Å². The molecule has 4 nitrogen and oxygen atoms in total. The van der Waals surface area contributed by atoms with Gasteiger partial charge in [-0.25, -0.2) is 4.39 Å². The molecule has 0 aliphatic rings. The predicted octanol–water partition coefficient (Wildman–Crippen LogP) is 1.58. The number of amides is 1. The summed E-state index contributed by atoms with van der Waals surface area (Å²) >= 11 is 0. The minimum Gasteiger partial charge on any atom is -0.494 e. The van der Waals surface area contributed by atoms with Crippen LogP contribution in [0.3, 0.4) is 0 Å². The number of carbonyl (C=O) groups is 1. The van der Waals surface area contributed by atoms with Crippen LogP contribution in [0.1, 0.15) is 25.8 Å². The molecule has 1 amide bonds. The maximum atomic E-state index is 13.4. The second-order valence-corrected chi connectivity index (χ2v) is 4.91. The van der Waals surface area contributed by atoms with E-state index in [0.717, 1.165) is 0 Å². The third kappa shape index (κ3) is 4.71. The standard InChI is InChI=1S/C13H19FN2O2/c1-13(2,15)7-12(17)16-8-9-4-5-11(18-3)10(14)6-9/h4-6H,7-8,15H2,1-3H3,(H,16,17). The van der Waals surface area contributed by atoms with Crippen LogP contribution in [-0.2, 0) is 11.3 Å². The first kappa shape index (κ1) is 14.4. The molecule has 1 rings (SSSR count). The van der Waals surface area contributed by atoms with Crippen molar-refractivity contribution in [1.82, 2.24) is 5.32 Å². The summed E-state index contributed by atoms with van der Waals surface area (Å²) in [5.74, 6) is -0.407. The number of carbonyl (C=O) groups excluding carboxylic acids is 1. The first-order valence-electron chi connectivity index (χ1n) is 5.70. The van der Waals surface area contributed by atoms with Crippen molar-refractivity contribution in [2.24, 2.45) is 5.73 Å². The summed E-state index contributed by atoms with van der Waals surface area (Å²) in [6, 6.07) is 4.58. The van der Waals surface area contributed by atoms with Gasteiger partial charge in [-0.2, -0.15) is 0 Å². The fourth-order valence-corrected chi connectivity index (χ4v) is 1.50. The number of nitrogens with one attached hydrogen (secondary N) is 1. The van der Waals surface area contributed by atoms with Gasteiger partial charge in [-0.05, 0) is 31.5 Å². The third-order valence-electron chi connectivity index (χ3n) is 2.32. The summed E-state index contributed by atoms with van der Waals surface area (Å²) in [7, 11) is 1.41. The zero-order valence-electron chi connectivity index (χ0n) is 10.9. The van der Waals surface area contributed by atoms with E-state index in [2.05, 4.69) is 5.32 Å². The number of hydrogen-bond acceptors (Lipinski definition) is 3. The van der Waals surface area contributed by atoms with Crippen molar-refractivity contribution >= 4 is 5.91 Å². The molecule has 1 aromatic rings. The Bertz CT molecular complexity index is 427. The summed E-state index contributed by atoms with van der Waals surface area (Å²) in [5.41, 5.74) is 5.86. The normalized spacial score (nSPS) is 11.2. The molecule has 18 heavy (non-hydrogen) atoms. The number of methoxy groups -OCH3 is 1. The minimum absolute atomic E-state index is 0.154. The number of benzene rings is 1. The molecule has 100 valence electrons. The Morgan fingerprint density at radius 3 is 2.67 bits per heavy atom. The van der Waals surface area contributed by atoms with Crippen LogP contribution in [0.5, 0.6) is 5.75 Å². The smallest absolute Gasteiger partial charge is 0.222 e. The Morgan fingerprint density at radius 2 is 2.17 bits per heavy atom. The Kier molecular flexibility index (Phi) is 4.67. The zero-order valence-corrected chi connectivity index (χ0v) is 10.9. The molecule has 1 aromatic carbocycles.